The van der Waals surface area contributed by atoms with E-state index in [1.807, 2.05) is 51.1 Å². The van der Waals surface area contributed by atoms with Crippen molar-refractivity contribution in [3.63, 3.8) is 0 Å². The van der Waals surface area contributed by atoms with E-state index in [1.165, 1.54) is 5.56 Å². The van der Waals surface area contributed by atoms with Crippen molar-refractivity contribution >= 4 is 18.0 Å². The zero-order valence-corrected chi connectivity index (χ0v) is 19.3. The Morgan fingerprint density at radius 1 is 1.13 bits per heavy atom. The van der Waals surface area contributed by atoms with Crippen molar-refractivity contribution < 1.29 is 23.9 Å². The Labute approximate surface area is 185 Å². The highest BCUT2D eigenvalue weighted by atomic mass is 16.6. The molecule has 172 valence electrons. The van der Waals surface area contributed by atoms with Gasteiger partial charge in [-0.2, -0.15) is 0 Å². The van der Waals surface area contributed by atoms with Crippen LogP contribution in [0.25, 0.3) is 0 Å². The van der Waals surface area contributed by atoms with E-state index in [2.05, 4.69) is 12.2 Å². The average molecular weight is 433 g/mol. The lowest BCUT2D eigenvalue weighted by Gasteiger charge is -2.32. The Balaban J connectivity index is 1.76. The summed E-state index contributed by atoms with van der Waals surface area (Å²) in [6, 6.07) is 10.0. The number of nitrogens with one attached hydrogen (secondary N) is 1. The number of hydrogen-bond acceptors (Lipinski definition) is 5. The summed E-state index contributed by atoms with van der Waals surface area (Å²) in [7, 11) is 0. The quantitative estimate of drug-likeness (QED) is 0.661. The fourth-order valence-electron chi connectivity index (χ4n) is 3.54. The van der Waals surface area contributed by atoms with Gasteiger partial charge in [0.25, 0.3) is 5.91 Å². The second-order valence-corrected chi connectivity index (χ2v) is 9.08. The molecular weight excluding hydrogens is 396 g/mol. The fourth-order valence-corrected chi connectivity index (χ4v) is 3.54. The lowest BCUT2D eigenvalue weighted by molar-refractivity contribution is -0.160. The van der Waals surface area contributed by atoms with Crippen LogP contribution in [0.4, 0.5) is 4.79 Å². The number of rotatable bonds is 7. The van der Waals surface area contributed by atoms with Gasteiger partial charge < -0.3 is 19.7 Å². The van der Waals surface area contributed by atoms with Gasteiger partial charge in [-0.15, -0.1) is 0 Å². The van der Waals surface area contributed by atoms with Gasteiger partial charge in [-0.3, -0.25) is 9.59 Å². The molecule has 1 aliphatic heterocycles. The number of carbonyl (C=O) groups excluding carboxylic acids is 3. The second-order valence-electron chi connectivity index (χ2n) is 9.08. The molecule has 7 nitrogen and oxygen atoms in total. The minimum absolute atomic E-state index is 0.213. The van der Waals surface area contributed by atoms with Gasteiger partial charge in [-0.1, -0.05) is 37.3 Å². The maximum atomic E-state index is 12.5. The summed E-state index contributed by atoms with van der Waals surface area (Å²) in [4.78, 5) is 38.7. The standard InChI is InChI=1S/C24H36N2O5/c1-6-18(19-10-8-7-9-11-19)16-25-21(27)17(2)30-22(28)20-12-14-26(15-13-20)23(29)31-24(3,4)5/h7-11,17-18,20H,6,12-16H2,1-5H3,(H,25,27)/t17-,18-/m1/s1. The molecule has 1 fully saturated rings. The first-order chi connectivity index (χ1) is 14.6. The number of piperidine rings is 1. The zero-order valence-electron chi connectivity index (χ0n) is 19.3. The molecule has 1 aromatic rings. The zero-order chi connectivity index (χ0) is 23.0. The topological polar surface area (TPSA) is 84.9 Å². The molecule has 31 heavy (non-hydrogen) atoms. The van der Waals surface area contributed by atoms with Crippen LogP contribution in [-0.2, 0) is 19.1 Å². The van der Waals surface area contributed by atoms with Gasteiger partial charge in [0.15, 0.2) is 6.10 Å². The van der Waals surface area contributed by atoms with E-state index in [0.29, 0.717) is 32.5 Å². The van der Waals surface area contributed by atoms with E-state index >= 15 is 0 Å². The van der Waals surface area contributed by atoms with Crippen molar-refractivity contribution in [2.24, 2.45) is 5.92 Å². The molecule has 1 heterocycles. The normalized spacial score (nSPS) is 16.9. The molecule has 0 bridgehead atoms. The predicted molar refractivity (Wildman–Crippen MR) is 119 cm³/mol. The summed E-state index contributed by atoms with van der Waals surface area (Å²) in [5.74, 6) is -0.789. The summed E-state index contributed by atoms with van der Waals surface area (Å²) >= 11 is 0. The Hall–Kier alpha value is -2.57. The molecule has 1 saturated heterocycles. The van der Waals surface area contributed by atoms with Crippen LogP contribution >= 0.6 is 0 Å². The number of ether oxygens (including phenoxy) is 2. The third-order valence-electron chi connectivity index (χ3n) is 5.43. The highest BCUT2D eigenvalue weighted by Gasteiger charge is 2.32. The smallest absolute Gasteiger partial charge is 0.410 e. The number of carbonyl (C=O) groups is 3. The summed E-state index contributed by atoms with van der Waals surface area (Å²) in [6.45, 7) is 10.5. The Morgan fingerprint density at radius 3 is 2.29 bits per heavy atom. The monoisotopic (exact) mass is 432 g/mol. The molecule has 1 aromatic carbocycles. The Morgan fingerprint density at radius 2 is 1.74 bits per heavy atom. The van der Waals surface area contributed by atoms with E-state index in [-0.39, 0.29) is 29.8 Å². The third kappa shape index (κ3) is 7.89. The van der Waals surface area contributed by atoms with Crippen molar-refractivity contribution in [3.05, 3.63) is 35.9 Å². The molecule has 2 atom stereocenters. The first-order valence-electron chi connectivity index (χ1n) is 11.1. The summed E-state index contributed by atoms with van der Waals surface area (Å²) in [5, 5.41) is 2.90. The SMILES string of the molecule is CC[C@H](CNC(=O)[C@@H](C)OC(=O)C1CCN(C(=O)OC(C)(C)C)CC1)c1ccccc1. The molecular formula is C24H36N2O5. The summed E-state index contributed by atoms with van der Waals surface area (Å²) in [5.41, 5.74) is 0.624. The van der Waals surface area contributed by atoms with Crippen LogP contribution < -0.4 is 5.32 Å². The minimum Gasteiger partial charge on any atom is -0.452 e. The second kappa shape index (κ2) is 11.2. The molecule has 0 aromatic heterocycles. The molecule has 0 spiro atoms. The first-order valence-corrected chi connectivity index (χ1v) is 11.1. The molecule has 0 saturated carbocycles. The number of likely N-dealkylation sites (tertiary alicyclic amines) is 1. The van der Waals surface area contributed by atoms with Crippen LogP contribution in [0.2, 0.25) is 0 Å². The summed E-state index contributed by atoms with van der Waals surface area (Å²) < 4.78 is 10.8. The van der Waals surface area contributed by atoms with Crippen LogP contribution in [-0.4, -0.2) is 54.2 Å². The highest BCUT2D eigenvalue weighted by Crippen LogP contribution is 2.22. The highest BCUT2D eigenvalue weighted by molar-refractivity contribution is 5.84. The van der Waals surface area contributed by atoms with Crippen LogP contribution in [0.5, 0.6) is 0 Å². The van der Waals surface area contributed by atoms with Crippen molar-refractivity contribution in [1.29, 1.82) is 0 Å². The fraction of sp³-hybridized carbons (Fsp3) is 0.625. The van der Waals surface area contributed by atoms with Gasteiger partial charge in [0.05, 0.1) is 5.92 Å². The first kappa shape index (κ1) is 24.7. The largest absolute Gasteiger partial charge is 0.452 e. The van der Waals surface area contributed by atoms with Crippen molar-refractivity contribution in [2.45, 2.75) is 71.5 Å². The van der Waals surface area contributed by atoms with Gasteiger partial charge in [0.2, 0.25) is 0 Å². The molecule has 7 heteroatoms. The van der Waals surface area contributed by atoms with E-state index in [0.717, 1.165) is 6.42 Å². The van der Waals surface area contributed by atoms with E-state index in [4.69, 9.17) is 9.47 Å². The van der Waals surface area contributed by atoms with Crippen LogP contribution in [0.15, 0.2) is 30.3 Å². The lowest BCUT2D eigenvalue weighted by atomic mass is 9.96. The molecule has 1 N–H and O–H groups in total. The van der Waals surface area contributed by atoms with Gasteiger partial charge in [0.1, 0.15) is 5.60 Å². The Kier molecular flexibility index (Phi) is 8.89. The van der Waals surface area contributed by atoms with Crippen molar-refractivity contribution in [1.82, 2.24) is 10.2 Å². The van der Waals surface area contributed by atoms with Crippen LogP contribution in [0, 0.1) is 5.92 Å². The van der Waals surface area contributed by atoms with Crippen LogP contribution in [0.3, 0.4) is 0 Å². The van der Waals surface area contributed by atoms with Gasteiger partial charge >= 0.3 is 12.1 Å². The van der Waals surface area contributed by atoms with Crippen molar-refractivity contribution in [3.8, 4) is 0 Å². The van der Waals surface area contributed by atoms with Crippen LogP contribution in [0.1, 0.15) is 65.4 Å². The van der Waals surface area contributed by atoms with E-state index < -0.39 is 11.7 Å². The summed E-state index contributed by atoms with van der Waals surface area (Å²) in [6.07, 6.45) is 0.673. The van der Waals surface area contributed by atoms with E-state index in [1.54, 1.807) is 11.8 Å². The van der Waals surface area contributed by atoms with Gasteiger partial charge in [-0.25, -0.2) is 4.79 Å². The third-order valence-corrected chi connectivity index (χ3v) is 5.43. The van der Waals surface area contributed by atoms with Gasteiger partial charge in [-0.05, 0) is 52.5 Å². The number of esters is 1. The van der Waals surface area contributed by atoms with Crippen molar-refractivity contribution in [2.75, 3.05) is 19.6 Å². The maximum Gasteiger partial charge on any atom is 0.410 e. The number of amides is 2. The predicted octanol–water partition coefficient (Wildman–Crippen LogP) is 3.88. The molecule has 0 aliphatic carbocycles. The lowest BCUT2D eigenvalue weighted by Crippen LogP contribution is -2.44. The average Bonchev–Trinajstić information content (AvgIpc) is 2.73. The van der Waals surface area contributed by atoms with Gasteiger partial charge in [0, 0.05) is 25.6 Å². The molecule has 0 radical (unpaired) electrons. The Bertz CT molecular complexity index is 736. The van der Waals surface area contributed by atoms with E-state index in [9.17, 15) is 14.4 Å². The molecule has 2 rings (SSSR count). The molecule has 1 aliphatic rings. The maximum absolute atomic E-state index is 12.5. The number of hydrogen-bond donors (Lipinski definition) is 1. The number of nitrogens with zero attached hydrogens (tertiary/aromatic N) is 1. The molecule has 2 amide bonds. The molecule has 0 unspecified atom stereocenters. The minimum atomic E-state index is -0.857. The number of benzene rings is 1.